The number of nitrogens with one attached hydrogen (secondary N) is 1. The van der Waals surface area contributed by atoms with Gasteiger partial charge < -0.3 is 0 Å². The molecule has 1 heterocycles. The van der Waals surface area contributed by atoms with Crippen molar-refractivity contribution in [2.75, 3.05) is 0 Å². The summed E-state index contributed by atoms with van der Waals surface area (Å²) in [6.45, 7) is 0. The van der Waals surface area contributed by atoms with E-state index in [-0.39, 0.29) is 16.0 Å². The third-order valence-electron chi connectivity index (χ3n) is 4.72. The van der Waals surface area contributed by atoms with Gasteiger partial charge in [0.1, 0.15) is 4.90 Å². The molecule has 27 heavy (non-hydrogen) atoms. The van der Waals surface area contributed by atoms with Gasteiger partial charge in [-0.15, -0.1) is 0 Å². The SMILES string of the molecule is O=C(NS(=O)(=O)c1ccccc1Cl)N1N=C(C2CC2)CC1c1ccccc1. The standard InChI is InChI=1S/C19H18ClN3O3S/c20-15-8-4-5-9-18(15)27(25,26)22-19(24)23-17(14-6-2-1-3-7-14)12-16(21-23)13-10-11-13/h1-9,13,17H,10-12H2,(H,22,24). The van der Waals surface area contributed by atoms with Crippen molar-refractivity contribution < 1.29 is 13.2 Å². The van der Waals surface area contributed by atoms with E-state index in [1.165, 1.54) is 17.1 Å². The highest BCUT2D eigenvalue weighted by atomic mass is 35.5. The average molecular weight is 404 g/mol. The number of carbonyl (C=O) groups excluding carboxylic acids is 1. The van der Waals surface area contributed by atoms with Gasteiger partial charge in [-0.2, -0.15) is 5.10 Å². The fraction of sp³-hybridized carbons (Fsp3) is 0.263. The Bertz CT molecular complexity index is 1000. The van der Waals surface area contributed by atoms with Crippen molar-refractivity contribution in [2.24, 2.45) is 11.0 Å². The van der Waals surface area contributed by atoms with Crippen molar-refractivity contribution in [3.63, 3.8) is 0 Å². The minimum absolute atomic E-state index is 0.0565. The maximum atomic E-state index is 12.8. The van der Waals surface area contributed by atoms with Gasteiger partial charge in [0.05, 0.1) is 11.1 Å². The molecule has 2 aliphatic rings. The van der Waals surface area contributed by atoms with Crippen LogP contribution in [-0.4, -0.2) is 25.2 Å². The molecule has 1 N–H and O–H groups in total. The second kappa shape index (κ2) is 6.98. The van der Waals surface area contributed by atoms with Crippen LogP contribution in [0.5, 0.6) is 0 Å². The van der Waals surface area contributed by atoms with Gasteiger partial charge in [0.15, 0.2) is 0 Å². The van der Waals surface area contributed by atoms with E-state index in [1.54, 1.807) is 12.1 Å². The molecule has 1 aliphatic carbocycles. The minimum Gasteiger partial charge on any atom is -0.245 e. The van der Waals surface area contributed by atoms with E-state index >= 15 is 0 Å². The minimum atomic E-state index is -4.10. The molecular weight excluding hydrogens is 386 g/mol. The Morgan fingerprint density at radius 3 is 2.41 bits per heavy atom. The van der Waals surface area contributed by atoms with Crippen LogP contribution in [0.3, 0.4) is 0 Å². The van der Waals surface area contributed by atoms with Crippen LogP contribution in [0.25, 0.3) is 0 Å². The van der Waals surface area contributed by atoms with Crippen LogP contribution in [0, 0.1) is 5.92 Å². The quantitative estimate of drug-likeness (QED) is 0.839. The molecule has 6 nitrogen and oxygen atoms in total. The summed E-state index contributed by atoms with van der Waals surface area (Å²) in [6, 6.07) is 14.4. The van der Waals surface area contributed by atoms with Crippen LogP contribution in [0.1, 0.15) is 30.9 Å². The van der Waals surface area contributed by atoms with Crippen molar-refractivity contribution >= 4 is 33.4 Å². The van der Waals surface area contributed by atoms with Gasteiger partial charge in [-0.25, -0.2) is 22.9 Å². The van der Waals surface area contributed by atoms with Gasteiger partial charge in [-0.1, -0.05) is 54.1 Å². The van der Waals surface area contributed by atoms with E-state index in [9.17, 15) is 13.2 Å². The molecule has 140 valence electrons. The lowest BCUT2D eigenvalue weighted by atomic mass is 10.0. The average Bonchev–Trinajstić information content (AvgIpc) is 3.40. The fourth-order valence-electron chi connectivity index (χ4n) is 3.20. The molecule has 1 fully saturated rings. The van der Waals surface area contributed by atoms with Crippen LogP contribution >= 0.6 is 11.6 Å². The van der Waals surface area contributed by atoms with Crippen molar-refractivity contribution in [1.82, 2.24) is 9.73 Å². The first-order valence-electron chi connectivity index (χ1n) is 8.68. The highest BCUT2D eigenvalue weighted by molar-refractivity contribution is 7.90. The van der Waals surface area contributed by atoms with Gasteiger partial charge in [-0.05, 0) is 36.5 Å². The molecule has 1 aliphatic heterocycles. The van der Waals surface area contributed by atoms with E-state index in [4.69, 9.17) is 11.6 Å². The number of hydrogen-bond donors (Lipinski definition) is 1. The first-order chi connectivity index (χ1) is 13.0. The Balaban J connectivity index is 1.61. The molecule has 1 saturated carbocycles. The molecule has 0 bridgehead atoms. The number of amides is 2. The molecular formula is C19H18ClN3O3S. The number of sulfonamides is 1. The number of carbonyl (C=O) groups is 1. The van der Waals surface area contributed by atoms with Crippen LogP contribution in [-0.2, 0) is 10.0 Å². The van der Waals surface area contributed by atoms with Gasteiger partial charge in [0.2, 0.25) is 0 Å². The molecule has 4 rings (SSSR count). The normalized spacial score (nSPS) is 19.7. The summed E-state index contributed by atoms with van der Waals surface area (Å²) < 4.78 is 27.3. The van der Waals surface area contributed by atoms with E-state index in [2.05, 4.69) is 9.82 Å². The van der Waals surface area contributed by atoms with Crippen LogP contribution in [0.15, 0.2) is 64.6 Å². The Morgan fingerprint density at radius 2 is 1.74 bits per heavy atom. The predicted octanol–water partition coefficient (Wildman–Crippen LogP) is 3.95. The molecule has 2 amide bonds. The Hall–Kier alpha value is -2.38. The van der Waals surface area contributed by atoms with Crippen LogP contribution in [0.2, 0.25) is 5.02 Å². The zero-order chi connectivity index (χ0) is 19.0. The molecule has 0 saturated heterocycles. The van der Waals surface area contributed by atoms with Crippen molar-refractivity contribution in [1.29, 1.82) is 0 Å². The molecule has 0 aromatic heterocycles. The third-order valence-corrected chi connectivity index (χ3v) is 6.54. The number of hydrogen-bond acceptors (Lipinski definition) is 4. The molecule has 8 heteroatoms. The van der Waals surface area contributed by atoms with E-state index < -0.39 is 16.1 Å². The topological polar surface area (TPSA) is 78.8 Å². The number of urea groups is 1. The lowest BCUT2D eigenvalue weighted by Gasteiger charge is -2.22. The zero-order valence-electron chi connectivity index (χ0n) is 14.4. The van der Waals surface area contributed by atoms with E-state index in [1.807, 2.05) is 30.3 Å². The lowest BCUT2D eigenvalue weighted by Crippen LogP contribution is -2.40. The molecule has 2 aromatic rings. The lowest BCUT2D eigenvalue weighted by molar-refractivity contribution is 0.192. The summed E-state index contributed by atoms with van der Waals surface area (Å²) >= 11 is 5.98. The molecule has 1 atom stereocenters. The Morgan fingerprint density at radius 1 is 1.07 bits per heavy atom. The van der Waals surface area contributed by atoms with Gasteiger partial charge in [-0.3, -0.25) is 0 Å². The highest BCUT2D eigenvalue weighted by Gasteiger charge is 2.40. The third kappa shape index (κ3) is 3.70. The number of halogens is 1. The van der Waals surface area contributed by atoms with E-state index in [0.29, 0.717) is 12.3 Å². The Labute approximate surface area is 162 Å². The smallest absolute Gasteiger partial charge is 0.245 e. The molecule has 1 unspecified atom stereocenters. The number of hydrazone groups is 1. The molecule has 0 radical (unpaired) electrons. The first kappa shape index (κ1) is 18.0. The summed E-state index contributed by atoms with van der Waals surface area (Å²) in [5.41, 5.74) is 1.87. The molecule has 2 aromatic carbocycles. The summed E-state index contributed by atoms with van der Waals surface area (Å²) in [5.74, 6) is 0.397. The van der Waals surface area contributed by atoms with Gasteiger partial charge in [0, 0.05) is 12.1 Å². The van der Waals surface area contributed by atoms with Crippen LogP contribution in [0.4, 0.5) is 4.79 Å². The van der Waals surface area contributed by atoms with Crippen molar-refractivity contribution in [3.8, 4) is 0 Å². The number of rotatable bonds is 4. The maximum Gasteiger partial charge on any atom is 0.352 e. The summed E-state index contributed by atoms with van der Waals surface area (Å²) in [5, 5.41) is 5.75. The summed E-state index contributed by atoms with van der Waals surface area (Å²) in [7, 11) is -4.10. The maximum absolute atomic E-state index is 12.8. The van der Waals surface area contributed by atoms with E-state index in [0.717, 1.165) is 24.1 Å². The van der Waals surface area contributed by atoms with Gasteiger partial charge >= 0.3 is 6.03 Å². The fourth-order valence-corrected chi connectivity index (χ4v) is 4.66. The highest BCUT2D eigenvalue weighted by Crippen LogP contribution is 2.40. The number of nitrogens with zero attached hydrogens (tertiary/aromatic N) is 2. The molecule has 0 spiro atoms. The second-order valence-corrected chi connectivity index (χ2v) is 8.74. The van der Waals surface area contributed by atoms with Crippen LogP contribution < -0.4 is 4.72 Å². The monoisotopic (exact) mass is 403 g/mol. The zero-order valence-corrected chi connectivity index (χ0v) is 15.9. The predicted molar refractivity (Wildman–Crippen MR) is 103 cm³/mol. The Kier molecular flexibility index (Phi) is 4.65. The summed E-state index contributed by atoms with van der Waals surface area (Å²) in [6.07, 6.45) is 2.75. The largest absolute Gasteiger partial charge is 0.352 e. The second-order valence-electron chi connectivity index (χ2n) is 6.68. The number of benzene rings is 2. The first-order valence-corrected chi connectivity index (χ1v) is 10.5. The van der Waals surface area contributed by atoms with Crippen molar-refractivity contribution in [2.45, 2.75) is 30.2 Å². The van der Waals surface area contributed by atoms with Gasteiger partial charge in [0.25, 0.3) is 10.0 Å². The van der Waals surface area contributed by atoms with Crippen molar-refractivity contribution in [3.05, 3.63) is 65.2 Å². The summed E-state index contributed by atoms with van der Waals surface area (Å²) in [4.78, 5) is 12.7.